The van der Waals surface area contributed by atoms with E-state index in [1.165, 1.54) is 12.7 Å². The first-order valence-electron chi connectivity index (χ1n) is 15.6. The summed E-state index contributed by atoms with van der Waals surface area (Å²) < 4.78 is 33.1. The zero-order chi connectivity index (χ0) is 31.1. The fourth-order valence-electron chi connectivity index (χ4n) is 5.95. The van der Waals surface area contributed by atoms with Crippen LogP contribution >= 0.6 is 0 Å². The molecule has 2 aliphatic heterocycles. The molecule has 3 heterocycles. The largest absolute Gasteiger partial charge is 0.493 e. The molecule has 0 amide bonds. The van der Waals surface area contributed by atoms with Gasteiger partial charge in [0, 0.05) is 37.5 Å². The summed E-state index contributed by atoms with van der Waals surface area (Å²) in [5.41, 5.74) is 2.58. The van der Waals surface area contributed by atoms with Crippen LogP contribution in [0.25, 0.3) is 0 Å². The van der Waals surface area contributed by atoms with Crippen LogP contribution in [-0.4, -0.2) is 60.9 Å². The molecule has 8 nitrogen and oxygen atoms in total. The van der Waals surface area contributed by atoms with Crippen LogP contribution in [-0.2, 0) is 27.1 Å². The summed E-state index contributed by atoms with van der Waals surface area (Å²) in [6, 6.07) is 7.18. The second-order valence-electron chi connectivity index (χ2n) is 12.9. The number of hydrogen-bond donors (Lipinski definition) is 1. The molecule has 234 valence electrons. The van der Waals surface area contributed by atoms with E-state index in [2.05, 4.69) is 17.4 Å². The molecule has 1 N–H and O–H groups in total. The van der Waals surface area contributed by atoms with Gasteiger partial charge in [-0.25, -0.2) is 14.2 Å². The first kappa shape index (κ1) is 32.7. The number of benzene rings is 1. The number of likely N-dealkylation sites (tertiary alicyclic amines) is 1. The second kappa shape index (κ2) is 14.5. The number of anilines is 1. The number of esters is 1. The van der Waals surface area contributed by atoms with Gasteiger partial charge in [-0.15, -0.1) is 0 Å². The number of nitriles is 1. The lowest BCUT2D eigenvalue weighted by Gasteiger charge is -2.31. The fourth-order valence-corrected chi connectivity index (χ4v) is 5.95. The van der Waals surface area contributed by atoms with E-state index in [0.717, 1.165) is 63.0 Å². The Labute approximate surface area is 255 Å². The average Bonchev–Trinajstić information content (AvgIpc) is 3.41. The van der Waals surface area contributed by atoms with Gasteiger partial charge in [0.05, 0.1) is 18.8 Å². The molecule has 43 heavy (non-hydrogen) atoms. The number of hydrogen-bond acceptors (Lipinski definition) is 8. The van der Waals surface area contributed by atoms with E-state index in [4.69, 9.17) is 19.2 Å². The molecule has 1 saturated heterocycles. The van der Waals surface area contributed by atoms with E-state index < -0.39 is 23.4 Å². The van der Waals surface area contributed by atoms with Gasteiger partial charge in [0.25, 0.3) is 0 Å². The van der Waals surface area contributed by atoms with Crippen molar-refractivity contribution in [3.8, 4) is 11.8 Å². The number of rotatable bonds is 12. The minimum atomic E-state index is -0.888. The van der Waals surface area contributed by atoms with E-state index >= 15 is 4.39 Å². The number of nitrogens with zero attached hydrogens (tertiary/aromatic N) is 3. The Bertz CT molecular complexity index is 1320. The summed E-state index contributed by atoms with van der Waals surface area (Å²) in [5.74, 6) is -0.387. The summed E-state index contributed by atoms with van der Waals surface area (Å²) in [6.45, 7) is 12.0. The summed E-state index contributed by atoms with van der Waals surface area (Å²) in [6.07, 6.45) is 6.96. The molecular formula is C34H47FN4O4. The number of ether oxygens (including phenoxy) is 3. The highest BCUT2D eigenvalue weighted by molar-refractivity contribution is 5.80. The lowest BCUT2D eigenvalue weighted by molar-refractivity contribution is -0.161. The van der Waals surface area contributed by atoms with Crippen LogP contribution in [0.5, 0.6) is 5.75 Å². The molecule has 1 aromatic heterocycles. The van der Waals surface area contributed by atoms with Gasteiger partial charge in [0.2, 0.25) is 0 Å². The van der Waals surface area contributed by atoms with E-state index in [0.29, 0.717) is 30.8 Å². The van der Waals surface area contributed by atoms with Crippen molar-refractivity contribution in [2.24, 2.45) is 0 Å². The van der Waals surface area contributed by atoms with Crippen molar-refractivity contribution in [1.82, 2.24) is 9.88 Å². The monoisotopic (exact) mass is 594 g/mol. The first-order valence-corrected chi connectivity index (χ1v) is 15.6. The van der Waals surface area contributed by atoms with Crippen molar-refractivity contribution in [3.63, 3.8) is 0 Å². The molecule has 2 atom stereocenters. The van der Waals surface area contributed by atoms with E-state index in [1.807, 2.05) is 45.6 Å². The highest BCUT2D eigenvalue weighted by atomic mass is 19.1. The fraction of sp³-hybridized carbons (Fsp3) is 0.618. The van der Waals surface area contributed by atoms with Gasteiger partial charge in [0.1, 0.15) is 23.5 Å². The molecule has 0 saturated carbocycles. The van der Waals surface area contributed by atoms with Gasteiger partial charge < -0.3 is 19.5 Å². The number of unbranched alkanes of at least 4 members (excludes halogenated alkanes) is 2. The maximum Gasteiger partial charge on any atom is 0.328 e. The van der Waals surface area contributed by atoms with Gasteiger partial charge in [0.15, 0.2) is 11.6 Å². The van der Waals surface area contributed by atoms with Crippen LogP contribution in [0, 0.1) is 17.1 Å². The van der Waals surface area contributed by atoms with E-state index in [-0.39, 0.29) is 23.3 Å². The quantitative estimate of drug-likeness (QED) is 0.221. The van der Waals surface area contributed by atoms with Crippen molar-refractivity contribution < 1.29 is 23.4 Å². The maximum atomic E-state index is 15.6. The number of aryl methyl sites for hydroxylation is 2. The highest BCUT2D eigenvalue weighted by Gasteiger charge is 2.40. The number of nitrogens with one attached hydrogen (secondary N) is 1. The normalized spacial score (nSPS) is 17.7. The molecule has 2 aliphatic rings. The molecule has 1 aromatic carbocycles. The number of aromatic nitrogens is 1. The predicted molar refractivity (Wildman–Crippen MR) is 165 cm³/mol. The minimum Gasteiger partial charge on any atom is -0.493 e. The lowest BCUT2D eigenvalue weighted by atomic mass is 9.91. The van der Waals surface area contributed by atoms with Crippen molar-refractivity contribution in [2.45, 2.75) is 103 Å². The number of methoxy groups -OCH3 is 1. The molecule has 0 aliphatic carbocycles. The van der Waals surface area contributed by atoms with Crippen molar-refractivity contribution in [1.29, 1.82) is 5.26 Å². The molecule has 1 unspecified atom stereocenters. The van der Waals surface area contributed by atoms with Crippen molar-refractivity contribution >= 4 is 11.8 Å². The molecular weight excluding hydrogens is 547 g/mol. The van der Waals surface area contributed by atoms with Crippen molar-refractivity contribution in [3.05, 3.63) is 52.0 Å². The summed E-state index contributed by atoms with van der Waals surface area (Å²) in [4.78, 5) is 20.4. The molecule has 9 heteroatoms. The molecule has 0 radical (unpaired) electrons. The van der Waals surface area contributed by atoms with Gasteiger partial charge >= 0.3 is 5.97 Å². The number of carbonyl (C=O) groups is 1. The van der Waals surface area contributed by atoms with Gasteiger partial charge in [-0.1, -0.05) is 26.3 Å². The number of halogens is 1. The number of pyridine rings is 1. The molecule has 4 rings (SSSR count). The van der Waals surface area contributed by atoms with Gasteiger partial charge in [-0.2, -0.15) is 5.26 Å². The summed E-state index contributed by atoms with van der Waals surface area (Å²) in [5, 5.41) is 13.1. The zero-order valence-corrected chi connectivity index (χ0v) is 26.6. The average molecular weight is 595 g/mol. The second-order valence-corrected chi connectivity index (χ2v) is 12.9. The Morgan fingerprint density at radius 1 is 1.23 bits per heavy atom. The molecule has 0 spiro atoms. The van der Waals surface area contributed by atoms with Gasteiger partial charge in [-0.3, -0.25) is 4.90 Å². The maximum absolute atomic E-state index is 15.6. The minimum absolute atomic E-state index is 0.0443. The van der Waals surface area contributed by atoms with Gasteiger partial charge in [-0.05, 0) is 88.5 Å². The zero-order valence-electron chi connectivity index (χ0n) is 26.6. The van der Waals surface area contributed by atoms with E-state index in [9.17, 15) is 10.1 Å². The summed E-state index contributed by atoms with van der Waals surface area (Å²) >= 11 is 0. The smallest absolute Gasteiger partial charge is 0.328 e. The van der Waals surface area contributed by atoms with Crippen LogP contribution in [0.1, 0.15) is 107 Å². The van der Waals surface area contributed by atoms with Crippen molar-refractivity contribution in [2.75, 3.05) is 38.7 Å². The Morgan fingerprint density at radius 2 is 2.02 bits per heavy atom. The molecule has 2 aromatic rings. The standard InChI is InChI=1S/C34H47FN4O4/c1-22(2)26-19-27(31(41-6)29(35)28(26)20-36)30(33(40)43-34(3,4)5)39-17-15-25(21-39)42-18-9-7-8-12-24-14-13-23-11-10-16-37-32(23)38-24/h13-14,19,22,25,30H,7-12,15-18,21H2,1-6H3,(H,37,38)/t25-,30?/m1/s1. The Kier molecular flexibility index (Phi) is 11.0. The Balaban J connectivity index is 1.38. The van der Waals surface area contributed by atoms with Crippen LogP contribution < -0.4 is 10.1 Å². The Morgan fingerprint density at radius 3 is 2.72 bits per heavy atom. The third kappa shape index (κ3) is 8.24. The number of carbonyl (C=O) groups excluding carboxylic acids is 1. The third-order valence-electron chi connectivity index (χ3n) is 8.07. The molecule has 1 fully saturated rings. The topological polar surface area (TPSA) is 96.7 Å². The Hall–Kier alpha value is -3.22. The van der Waals surface area contributed by atoms with Crippen LogP contribution in [0.3, 0.4) is 0 Å². The highest BCUT2D eigenvalue weighted by Crippen LogP contribution is 2.40. The first-order chi connectivity index (χ1) is 20.5. The van der Waals surface area contributed by atoms with Crippen LogP contribution in [0.2, 0.25) is 0 Å². The number of fused-ring (bicyclic) bond motifs is 1. The lowest BCUT2D eigenvalue weighted by Crippen LogP contribution is -2.38. The van der Waals surface area contributed by atoms with E-state index in [1.54, 1.807) is 6.07 Å². The third-order valence-corrected chi connectivity index (χ3v) is 8.07. The van der Waals surface area contributed by atoms with Crippen LogP contribution in [0.15, 0.2) is 18.2 Å². The molecule has 0 bridgehead atoms. The van der Waals surface area contributed by atoms with Crippen LogP contribution in [0.4, 0.5) is 10.2 Å². The summed E-state index contributed by atoms with van der Waals surface area (Å²) in [7, 11) is 1.36. The SMILES string of the molecule is COc1c(C(C(=O)OC(C)(C)C)N2CC[C@@H](OCCCCCc3ccc4c(n3)NCCC4)C2)cc(C(C)C)c(C#N)c1F. The predicted octanol–water partition coefficient (Wildman–Crippen LogP) is 6.47.